The first-order valence-corrected chi connectivity index (χ1v) is 10.4. The van der Waals surface area contributed by atoms with Crippen molar-refractivity contribution < 1.29 is 22.3 Å². The fourth-order valence-electron chi connectivity index (χ4n) is 3.05. The third-order valence-corrected chi connectivity index (χ3v) is 6.58. The molecule has 1 saturated heterocycles. The molecule has 144 valence electrons. The number of carbonyl (C=O) groups is 1. The van der Waals surface area contributed by atoms with Crippen LogP contribution in [0.25, 0.3) is 0 Å². The first-order valence-electron chi connectivity index (χ1n) is 8.94. The first kappa shape index (κ1) is 19.5. The second kappa shape index (κ2) is 8.19. The number of ether oxygens (including phenoxy) is 1. The number of hydrogen-bond acceptors (Lipinski definition) is 4. The van der Waals surface area contributed by atoms with Crippen molar-refractivity contribution in [3.63, 3.8) is 0 Å². The number of rotatable bonds is 5. The van der Waals surface area contributed by atoms with E-state index in [1.54, 1.807) is 19.1 Å². The molecule has 0 saturated carbocycles. The van der Waals surface area contributed by atoms with Gasteiger partial charge in [-0.05, 0) is 61.7 Å². The number of nitrogens with zero attached hydrogens (tertiary/aromatic N) is 1. The lowest BCUT2D eigenvalue weighted by Gasteiger charge is -2.25. The van der Waals surface area contributed by atoms with Gasteiger partial charge >= 0.3 is 5.97 Å². The van der Waals surface area contributed by atoms with Gasteiger partial charge < -0.3 is 4.74 Å². The highest BCUT2D eigenvalue weighted by Crippen LogP contribution is 2.22. The van der Waals surface area contributed by atoms with Crippen LogP contribution in [0.2, 0.25) is 0 Å². The summed E-state index contributed by atoms with van der Waals surface area (Å²) in [5, 5.41) is 0. The largest absolute Gasteiger partial charge is 0.454 e. The smallest absolute Gasteiger partial charge is 0.338 e. The van der Waals surface area contributed by atoms with Gasteiger partial charge in [0.05, 0.1) is 10.5 Å². The summed E-state index contributed by atoms with van der Waals surface area (Å²) in [6.07, 6.45) is 2.23. The highest BCUT2D eigenvalue weighted by Gasteiger charge is 2.26. The van der Waals surface area contributed by atoms with Crippen molar-refractivity contribution in [3.8, 4) is 0 Å². The minimum Gasteiger partial charge on any atom is -0.454 e. The molecule has 27 heavy (non-hydrogen) atoms. The first-order chi connectivity index (χ1) is 12.9. The summed E-state index contributed by atoms with van der Waals surface area (Å²) >= 11 is 0. The Labute approximate surface area is 158 Å². The summed E-state index contributed by atoms with van der Waals surface area (Å²) in [5.41, 5.74) is 0.940. The van der Waals surface area contributed by atoms with Crippen molar-refractivity contribution in [1.82, 2.24) is 4.31 Å². The molecule has 0 radical (unpaired) electrons. The monoisotopic (exact) mass is 391 g/mol. The number of hydrogen-bond donors (Lipinski definition) is 0. The molecule has 1 heterocycles. The lowest BCUT2D eigenvalue weighted by molar-refractivity contribution is 0.0337. The van der Waals surface area contributed by atoms with Crippen LogP contribution in [0.1, 0.15) is 48.2 Å². The van der Waals surface area contributed by atoms with Gasteiger partial charge in [0.25, 0.3) is 0 Å². The van der Waals surface area contributed by atoms with Crippen molar-refractivity contribution >= 4 is 16.0 Å². The van der Waals surface area contributed by atoms with Gasteiger partial charge in [-0.2, -0.15) is 4.31 Å². The van der Waals surface area contributed by atoms with Crippen LogP contribution in [0.4, 0.5) is 4.39 Å². The number of piperidine rings is 1. The van der Waals surface area contributed by atoms with Crippen LogP contribution in [0.15, 0.2) is 53.4 Å². The molecule has 1 fully saturated rings. The van der Waals surface area contributed by atoms with Crippen LogP contribution in [-0.4, -0.2) is 31.8 Å². The van der Waals surface area contributed by atoms with Crippen molar-refractivity contribution in [3.05, 3.63) is 65.5 Å². The lowest BCUT2D eigenvalue weighted by Crippen LogP contribution is -2.35. The summed E-state index contributed by atoms with van der Waals surface area (Å²) in [6, 6.07) is 11.5. The minimum absolute atomic E-state index is 0.174. The Morgan fingerprint density at radius 1 is 1.00 bits per heavy atom. The Hall–Kier alpha value is -2.25. The molecule has 3 rings (SSSR count). The number of benzene rings is 2. The van der Waals surface area contributed by atoms with E-state index in [1.807, 2.05) is 0 Å². The summed E-state index contributed by atoms with van der Waals surface area (Å²) in [4.78, 5) is 12.5. The minimum atomic E-state index is -3.53. The van der Waals surface area contributed by atoms with Crippen molar-refractivity contribution in [1.29, 1.82) is 0 Å². The lowest BCUT2D eigenvalue weighted by atomic mass is 10.1. The van der Waals surface area contributed by atoms with E-state index in [9.17, 15) is 17.6 Å². The van der Waals surface area contributed by atoms with E-state index in [-0.39, 0.29) is 16.3 Å². The summed E-state index contributed by atoms with van der Waals surface area (Å²) in [6.45, 7) is 2.75. The number of sulfonamides is 1. The van der Waals surface area contributed by atoms with Gasteiger partial charge in [0.2, 0.25) is 10.0 Å². The molecule has 1 atom stereocenters. The van der Waals surface area contributed by atoms with Crippen molar-refractivity contribution in [2.75, 3.05) is 13.1 Å². The SMILES string of the molecule is CC(OC(=O)c1ccc(S(=O)(=O)N2CCCCC2)cc1)c1ccc(F)cc1. The van der Waals surface area contributed by atoms with Crippen LogP contribution in [0.3, 0.4) is 0 Å². The van der Waals surface area contributed by atoms with Crippen molar-refractivity contribution in [2.24, 2.45) is 0 Å². The molecule has 0 spiro atoms. The average Bonchev–Trinajstić information content (AvgIpc) is 2.69. The molecule has 1 unspecified atom stereocenters. The highest BCUT2D eigenvalue weighted by atomic mass is 32.2. The Bertz CT molecular complexity index is 889. The number of esters is 1. The fourth-order valence-corrected chi connectivity index (χ4v) is 4.56. The van der Waals surface area contributed by atoms with Gasteiger partial charge in [0.15, 0.2) is 0 Å². The zero-order valence-corrected chi connectivity index (χ0v) is 15.9. The van der Waals surface area contributed by atoms with E-state index in [0.717, 1.165) is 19.3 Å². The molecule has 2 aromatic rings. The fraction of sp³-hybridized carbons (Fsp3) is 0.350. The number of halogens is 1. The Morgan fingerprint density at radius 2 is 1.59 bits per heavy atom. The van der Waals surface area contributed by atoms with Crippen molar-refractivity contribution in [2.45, 2.75) is 37.2 Å². The zero-order valence-electron chi connectivity index (χ0n) is 15.1. The zero-order chi connectivity index (χ0) is 19.4. The van der Waals surface area contributed by atoms with Gasteiger partial charge in [-0.15, -0.1) is 0 Å². The van der Waals surface area contributed by atoms with E-state index in [0.29, 0.717) is 18.7 Å². The van der Waals surface area contributed by atoms with Gasteiger partial charge in [0.1, 0.15) is 11.9 Å². The average molecular weight is 391 g/mol. The summed E-state index contributed by atoms with van der Waals surface area (Å²) in [5.74, 6) is -0.920. The maximum absolute atomic E-state index is 13.0. The van der Waals surface area contributed by atoms with E-state index in [2.05, 4.69) is 0 Å². The Kier molecular flexibility index (Phi) is 5.92. The molecule has 5 nitrogen and oxygen atoms in total. The molecule has 1 aliphatic heterocycles. The predicted molar refractivity (Wildman–Crippen MR) is 99.3 cm³/mol. The van der Waals surface area contributed by atoms with Crippen LogP contribution in [0, 0.1) is 5.82 Å². The second-order valence-corrected chi connectivity index (χ2v) is 8.53. The third-order valence-electron chi connectivity index (χ3n) is 4.67. The third kappa shape index (κ3) is 4.54. The molecule has 7 heteroatoms. The van der Waals surface area contributed by atoms with Gasteiger partial charge in [0, 0.05) is 13.1 Å². The second-order valence-electron chi connectivity index (χ2n) is 6.59. The van der Waals surface area contributed by atoms with Gasteiger partial charge in [-0.25, -0.2) is 17.6 Å². The molecule has 0 N–H and O–H groups in total. The maximum Gasteiger partial charge on any atom is 0.338 e. The molecule has 2 aromatic carbocycles. The topological polar surface area (TPSA) is 63.7 Å². The van der Waals surface area contributed by atoms with Gasteiger partial charge in [-0.3, -0.25) is 0 Å². The van der Waals surface area contributed by atoms with Crippen LogP contribution < -0.4 is 0 Å². The summed E-state index contributed by atoms with van der Waals surface area (Å²) in [7, 11) is -3.53. The molecule has 0 aliphatic carbocycles. The molecule has 0 amide bonds. The van der Waals surface area contributed by atoms with Gasteiger partial charge in [-0.1, -0.05) is 18.6 Å². The normalized spacial score (nSPS) is 16.7. The van der Waals surface area contributed by atoms with E-state index >= 15 is 0 Å². The standard InChI is InChI=1S/C20H22FNO4S/c1-15(16-5-9-18(21)10-6-16)26-20(23)17-7-11-19(12-8-17)27(24,25)22-13-3-2-4-14-22/h5-12,15H,2-4,13-14H2,1H3. The number of carbonyl (C=O) groups excluding carboxylic acids is 1. The van der Waals surface area contributed by atoms with Crippen LogP contribution >= 0.6 is 0 Å². The van der Waals surface area contributed by atoms with Crippen LogP contribution in [0.5, 0.6) is 0 Å². The Morgan fingerprint density at radius 3 is 2.19 bits per heavy atom. The molecular weight excluding hydrogens is 369 g/mol. The molecule has 0 bridgehead atoms. The molecule has 0 aromatic heterocycles. The van der Waals surface area contributed by atoms with E-state index in [4.69, 9.17) is 4.74 Å². The highest BCUT2D eigenvalue weighted by molar-refractivity contribution is 7.89. The maximum atomic E-state index is 13.0. The predicted octanol–water partition coefficient (Wildman–Crippen LogP) is 3.92. The van der Waals surface area contributed by atoms with E-state index < -0.39 is 22.1 Å². The van der Waals surface area contributed by atoms with E-state index in [1.165, 1.54) is 40.7 Å². The molecular formula is C20H22FNO4S. The van der Waals surface area contributed by atoms with Crippen LogP contribution in [-0.2, 0) is 14.8 Å². The summed E-state index contributed by atoms with van der Waals surface area (Å²) < 4.78 is 45.1. The quantitative estimate of drug-likeness (QED) is 0.725. The molecule has 1 aliphatic rings. The Balaban J connectivity index is 1.69.